The number of aliphatic imine (C=N–C) groups is 2. The van der Waals surface area contributed by atoms with Gasteiger partial charge in [0.2, 0.25) is 11.8 Å². The molecule has 5 fully saturated rings. The number of hydrogen-bond donors (Lipinski definition) is 5. The van der Waals surface area contributed by atoms with E-state index in [1.54, 1.807) is 53.8 Å². The predicted molar refractivity (Wildman–Crippen MR) is 296 cm³/mol. The number of rotatable bonds is 24. The quantitative estimate of drug-likeness (QED) is 0.0329. The van der Waals surface area contributed by atoms with Crippen molar-refractivity contribution < 1.29 is 53.8 Å². The van der Waals surface area contributed by atoms with Crippen LogP contribution in [0.3, 0.4) is 0 Å². The maximum atomic E-state index is 13.8. The van der Waals surface area contributed by atoms with E-state index in [2.05, 4.69) is 37.9 Å². The van der Waals surface area contributed by atoms with Crippen LogP contribution >= 0.6 is 11.8 Å². The van der Waals surface area contributed by atoms with Gasteiger partial charge in [0.15, 0.2) is 11.8 Å². The fourth-order valence-electron chi connectivity index (χ4n) is 12.2. The number of ether oxygens (including phenoxy) is 3. The van der Waals surface area contributed by atoms with Crippen LogP contribution in [-0.2, 0) is 23.9 Å². The van der Waals surface area contributed by atoms with E-state index < -0.39 is 23.8 Å². The molecule has 424 valence electrons. The number of carbonyl (C=O) groups is 4. The number of hydrogen-bond acceptors (Lipinski definition) is 18. The Labute approximate surface area is 458 Å². The Morgan fingerprint density at radius 3 is 1.90 bits per heavy atom. The highest BCUT2D eigenvalue weighted by Crippen LogP contribution is 2.61. The van der Waals surface area contributed by atoms with Crippen LogP contribution in [0.1, 0.15) is 75.8 Å². The SMILES string of the molecule is COc1cccc(OC)c1C(C=C(N)C1=NC2(C(=O)O1)C1CC3CC(C1)CC2C3)=Nc1ccc(SCCCN(C)CCCN(C)C(=O)CN2CCN(CC(=O)O)CCN(CC(=O)O)CCN(CC(O)O)CC2)cc1C(C)C. The van der Waals surface area contributed by atoms with Crippen LogP contribution in [0.5, 0.6) is 11.5 Å². The monoisotopic (exact) mass is 1090 g/mol. The molecular weight excluding hydrogens is 1010 g/mol. The number of carboxylic acids is 2. The third-order valence-electron chi connectivity index (χ3n) is 16.1. The average Bonchev–Trinajstić information content (AvgIpc) is 3.73. The summed E-state index contributed by atoms with van der Waals surface area (Å²) in [6.07, 6.45) is 7.18. The number of nitrogens with two attached hydrogens (primary N) is 1. The van der Waals surface area contributed by atoms with E-state index in [9.17, 15) is 39.6 Å². The molecule has 1 saturated heterocycles. The Balaban J connectivity index is 0.938. The number of β-amino-alcohol motifs (C(OH)–C–C–N with tert-alkyl or cyclic N) is 2. The number of carboxylic acid groups (broad SMARTS) is 2. The highest BCUT2D eigenvalue weighted by Gasteiger charge is 2.64. The number of benzene rings is 2. The van der Waals surface area contributed by atoms with Crippen LogP contribution in [0.15, 0.2) is 63.1 Å². The highest BCUT2D eigenvalue weighted by atomic mass is 32.2. The van der Waals surface area contributed by atoms with Crippen molar-refractivity contribution in [2.24, 2.45) is 39.4 Å². The molecule has 0 radical (unpaired) electrons. The smallest absolute Gasteiger partial charge is 0.341 e. The fourth-order valence-corrected chi connectivity index (χ4v) is 13.1. The number of likely N-dealkylation sites (N-methyl/N-ethyl adjacent to an activating group) is 1. The summed E-state index contributed by atoms with van der Waals surface area (Å²) in [5, 5.41) is 38.6. The van der Waals surface area contributed by atoms with Crippen LogP contribution in [0.2, 0.25) is 0 Å². The second-order valence-electron chi connectivity index (χ2n) is 22.0. The number of aliphatic hydroxyl groups excluding tert-OH is 1. The lowest BCUT2D eigenvalue weighted by atomic mass is 9.49. The molecule has 2 aromatic rings. The van der Waals surface area contributed by atoms with E-state index in [1.165, 1.54) is 6.42 Å². The van der Waals surface area contributed by atoms with Gasteiger partial charge in [-0.2, -0.15) is 0 Å². The Bertz CT molecular complexity index is 2420. The van der Waals surface area contributed by atoms with Gasteiger partial charge < -0.3 is 50.2 Å². The molecular formula is C56H83N9O11S. The van der Waals surface area contributed by atoms with Crippen LogP contribution in [0.25, 0.3) is 0 Å². The number of esters is 1. The summed E-state index contributed by atoms with van der Waals surface area (Å²) >= 11 is 1.79. The summed E-state index contributed by atoms with van der Waals surface area (Å²) in [6.45, 7) is 9.19. The number of methoxy groups -OCH3 is 2. The van der Waals surface area contributed by atoms with E-state index in [4.69, 9.17) is 29.9 Å². The lowest BCUT2D eigenvalue weighted by Gasteiger charge is -2.56. The first-order valence-electron chi connectivity index (χ1n) is 27.3. The van der Waals surface area contributed by atoms with E-state index >= 15 is 0 Å². The molecule has 4 bridgehead atoms. The van der Waals surface area contributed by atoms with Crippen LogP contribution in [0, 0.1) is 23.7 Å². The minimum absolute atomic E-state index is 0.0256. The number of aliphatic carboxylic acids is 2. The molecule has 4 saturated carbocycles. The van der Waals surface area contributed by atoms with Gasteiger partial charge in [-0.3, -0.25) is 34.0 Å². The van der Waals surface area contributed by atoms with Crippen molar-refractivity contribution in [2.45, 2.75) is 81.4 Å². The van der Waals surface area contributed by atoms with Crippen molar-refractivity contribution >= 4 is 52.9 Å². The number of allylic oxidation sites excluding steroid dienone is 1. The first-order chi connectivity index (χ1) is 36.8. The maximum absolute atomic E-state index is 13.8. The molecule has 8 rings (SSSR count). The summed E-state index contributed by atoms with van der Waals surface area (Å²) in [5.74, 6) is 1.66. The molecule has 20 nitrogen and oxygen atoms in total. The van der Waals surface area contributed by atoms with Gasteiger partial charge in [-0.05, 0) is 142 Å². The Morgan fingerprint density at radius 1 is 0.818 bits per heavy atom. The lowest BCUT2D eigenvalue weighted by Crippen LogP contribution is -2.59. The normalized spacial score (nSPS) is 24.1. The molecule has 6 aliphatic rings. The summed E-state index contributed by atoms with van der Waals surface area (Å²) in [4.78, 5) is 73.5. The van der Waals surface area contributed by atoms with Crippen molar-refractivity contribution in [3.8, 4) is 11.5 Å². The largest absolute Gasteiger partial charge is 0.496 e. The first-order valence-corrected chi connectivity index (χ1v) is 28.3. The minimum Gasteiger partial charge on any atom is -0.496 e. The Morgan fingerprint density at radius 2 is 1.36 bits per heavy atom. The zero-order valence-corrected chi connectivity index (χ0v) is 46.8. The summed E-state index contributed by atoms with van der Waals surface area (Å²) in [6, 6.07) is 11.9. The third kappa shape index (κ3) is 15.8. The van der Waals surface area contributed by atoms with Gasteiger partial charge in [0, 0.05) is 77.4 Å². The summed E-state index contributed by atoms with van der Waals surface area (Å²) in [5.41, 5.74) is 9.16. The number of nitrogens with zero attached hydrogens (tertiary/aromatic N) is 8. The molecule has 2 heterocycles. The second-order valence-corrected chi connectivity index (χ2v) is 23.2. The van der Waals surface area contributed by atoms with Crippen LogP contribution in [0.4, 0.5) is 5.69 Å². The molecule has 1 spiro atoms. The van der Waals surface area contributed by atoms with Crippen molar-refractivity contribution in [3.05, 3.63) is 59.3 Å². The van der Waals surface area contributed by atoms with Gasteiger partial charge in [0.25, 0.3) is 0 Å². The molecule has 0 aromatic heterocycles. The summed E-state index contributed by atoms with van der Waals surface area (Å²) < 4.78 is 17.7. The van der Waals surface area contributed by atoms with Crippen LogP contribution in [-0.4, -0.2) is 229 Å². The van der Waals surface area contributed by atoms with Crippen molar-refractivity contribution in [3.63, 3.8) is 0 Å². The standard InChI is InChI=1S/C56H83N9O11S/c1-37(2)43-31-42(12-13-45(43)58-46(53-47(74-5)10-7-11-48(53)75-6)32-44(57)54-59-56(55(73)76-54)40-27-38-26-39(29-40)30-41(56)28-38)77-25-9-15-60(3)14-8-16-61(4)49(66)33-62-17-19-63(34-50(67)68)21-23-65(36-52(71)72)24-22-64(20-18-62)35-51(69)70/h7,10-13,31-32,37-41,50,67-68H,8-9,14-30,33-36,57H2,1-6H3,(H,69,70)(H,71,72). The van der Waals surface area contributed by atoms with Crippen molar-refractivity contribution in [1.29, 1.82) is 0 Å². The topological polar surface area (TPSA) is 247 Å². The first kappa shape index (κ1) is 59.5. The number of thioether (sulfide) groups is 1. The molecule has 0 atom stereocenters. The van der Waals surface area contributed by atoms with Gasteiger partial charge in [-0.15, -0.1) is 11.8 Å². The highest BCUT2D eigenvalue weighted by molar-refractivity contribution is 7.99. The molecule has 77 heavy (non-hydrogen) atoms. The molecule has 0 unspecified atom stereocenters. The van der Waals surface area contributed by atoms with E-state index in [0.29, 0.717) is 93.5 Å². The molecule has 21 heteroatoms. The Kier molecular flexibility index (Phi) is 21.4. The van der Waals surface area contributed by atoms with E-state index in [1.807, 2.05) is 34.1 Å². The lowest BCUT2D eigenvalue weighted by molar-refractivity contribution is -0.153. The zero-order chi connectivity index (χ0) is 55.4. The third-order valence-corrected chi connectivity index (χ3v) is 17.2. The minimum atomic E-state index is -1.58. The summed E-state index contributed by atoms with van der Waals surface area (Å²) in [7, 11) is 7.09. The fraction of sp³-hybridized carbons (Fsp3) is 0.643. The van der Waals surface area contributed by atoms with Crippen molar-refractivity contribution in [1.82, 2.24) is 29.4 Å². The predicted octanol–water partition coefficient (Wildman–Crippen LogP) is 3.90. The average molecular weight is 1090 g/mol. The molecule has 2 aliphatic heterocycles. The maximum Gasteiger partial charge on any atom is 0.341 e. The van der Waals surface area contributed by atoms with Gasteiger partial charge >= 0.3 is 17.9 Å². The Hall–Kier alpha value is -5.13. The number of amides is 1. The molecule has 2 aromatic carbocycles. The van der Waals surface area contributed by atoms with Gasteiger partial charge in [0.05, 0.1) is 56.5 Å². The number of cyclic esters (lactones) is 1. The second kappa shape index (κ2) is 27.6. The van der Waals surface area contributed by atoms with Gasteiger partial charge in [-0.1, -0.05) is 19.9 Å². The number of carbonyl (C=O) groups excluding carboxylic acids is 2. The molecule has 1 amide bonds. The van der Waals surface area contributed by atoms with Gasteiger partial charge in [-0.25, -0.2) is 14.8 Å². The van der Waals surface area contributed by atoms with E-state index in [-0.39, 0.29) is 67.4 Å². The molecule has 6 N–H and O–H groups in total. The zero-order valence-electron chi connectivity index (χ0n) is 46.0. The van der Waals surface area contributed by atoms with E-state index in [0.717, 1.165) is 73.5 Å². The number of aliphatic hydroxyl groups is 2. The van der Waals surface area contributed by atoms with Crippen LogP contribution < -0.4 is 15.2 Å². The van der Waals surface area contributed by atoms with Crippen molar-refractivity contribution in [2.75, 3.05) is 132 Å². The van der Waals surface area contributed by atoms with Gasteiger partial charge in [0.1, 0.15) is 11.5 Å². The molecule has 4 aliphatic carbocycles.